The van der Waals surface area contributed by atoms with Gasteiger partial charge in [0.2, 0.25) is 0 Å². The number of hydrogen-bond acceptors (Lipinski definition) is 4. The zero-order chi connectivity index (χ0) is 15.1. The van der Waals surface area contributed by atoms with Crippen LogP contribution in [0.1, 0.15) is 45.0 Å². The molecule has 0 fully saturated rings. The summed E-state index contributed by atoms with van der Waals surface area (Å²) in [5, 5.41) is 9.34. The molecule has 0 unspecified atom stereocenters. The molecule has 1 aromatic heterocycles. The van der Waals surface area contributed by atoms with Gasteiger partial charge in [0.25, 0.3) is 0 Å². The number of aromatic nitrogens is 2. The second-order valence-corrected chi connectivity index (χ2v) is 5.74. The fourth-order valence-electron chi connectivity index (χ4n) is 2.07. The van der Waals surface area contributed by atoms with Crippen LogP contribution in [-0.4, -0.2) is 23.1 Å². The average Bonchev–Trinajstić information content (AvgIpc) is 2.38. The molecule has 110 valence electrons. The Bertz CT molecular complexity index is 479. The first-order valence-corrected chi connectivity index (χ1v) is 7.52. The van der Waals surface area contributed by atoms with Crippen LogP contribution in [-0.2, 0) is 6.42 Å². The van der Waals surface area contributed by atoms with Crippen LogP contribution in [0.3, 0.4) is 0 Å². The summed E-state index contributed by atoms with van der Waals surface area (Å²) in [4.78, 5) is 11.1. The van der Waals surface area contributed by atoms with Crippen LogP contribution in [0.2, 0.25) is 5.15 Å². The molecule has 1 heterocycles. The number of anilines is 1. The van der Waals surface area contributed by atoms with Crippen LogP contribution < -0.4 is 4.90 Å². The second kappa shape index (κ2) is 8.06. The van der Waals surface area contributed by atoms with Gasteiger partial charge >= 0.3 is 0 Å². The molecular weight excluding hydrogens is 272 g/mol. The SMILES string of the molecule is CCCc1nc(Cl)c(C)c(N(CCC#N)CC(C)C)n1. The van der Waals surface area contributed by atoms with Crippen LogP contribution in [0, 0.1) is 24.2 Å². The fourth-order valence-corrected chi connectivity index (χ4v) is 2.26. The van der Waals surface area contributed by atoms with E-state index in [4.69, 9.17) is 16.9 Å². The normalized spacial score (nSPS) is 10.7. The number of nitrogens with zero attached hydrogens (tertiary/aromatic N) is 4. The first-order chi connectivity index (χ1) is 9.49. The van der Waals surface area contributed by atoms with E-state index in [1.165, 1.54) is 0 Å². The van der Waals surface area contributed by atoms with Crippen molar-refractivity contribution >= 4 is 17.4 Å². The number of halogens is 1. The topological polar surface area (TPSA) is 52.8 Å². The maximum Gasteiger partial charge on any atom is 0.137 e. The molecule has 5 heteroatoms. The highest BCUT2D eigenvalue weighted by Gasteiger charge is 2.16. The Morgan fingerprint density at radius 3 is 2.60 bits per heavy atom. The quantitative estimate of drug-likeness (QED) is 0.718. The summed E-state index contributed by atoms with van der Waals surface area (Å²) in [7, 11) is 0. The van der Waals surface area contributed by atoms with E-state index in [0.717, 1.165) is 36.6 Å². The largest absolute Gasteiger partial charge is 0.355 e. The molecule has 0 radical (unpaired) electrons. The van der Waals surface area contributed by atoms with Crippen molar-refractivity contribution in [2.75, 3.05) is 18.0 Å². The first kappa shape index (κ1) is 16.7. The standard InChI is InChI=1S/C15H23ClN4/c1-5-7-13-18-14(16)12(4)15(19-13)20(9-6-8-17)10-11(2)3/h11H,5-7,9-10H2,1-4H3. The Balaban J connectivity index is 3.12. The lowest BCUT2D eigenvalue weighted by Gasteiger charge is -2.26. The van der Waals surface area contributed by atoms with Gasteiger partial charge in [0.1, 0.15) is 16.8 Å². The van der Waals surface area contributed by atoms with E-state index in [1.54, 1.807) is 0 Å². The molecular formula is C15H23ClN4. The van der Waals surface area contributed by atoms with Gasteiger partial charge in [0.15, 0.2) is 0 Å². The van der Waals surface area contributed by atoms with Gasteiger partial charge in [-0.15, -0.1) is 0 Å². The predicted molar refractivity (Wildman–Crippen MR) is 83.1 cm³/mol. The minimum atomic E-state index is 0.483. The lowest BCUT2D eigenvalue weighted by atomic mass is 10.2. The van der Waals surface area contributed by atoms with Crippen molar-refractivity contribution in [1.82, 2.24) is 9.97 Å². The summed E-state index contributed by atoms with van der Waals surface area (Å²) in [6.45, 7) is 9.89. The molecule has 1 aromatic rings. The maximum absolute atomic E-state index is 8.82. The van der Waals surface area contributed by atoms with Crippen molar-refractivity contribution in [2.24, 2.45) is 5.92 Å². The van der Waals surface area contributed by atoms with Gasteiger partial charge in [0, 0.05) is 25.1 Å². The Morgan fingerprint density at radius 1 is 1.35 bits per heavy atom. The van der Waals surface area contributed by atoms with Crippen LogP contribution in [0.4, 0.5) is 5.82 Å². The van der Waals surface area contributed by atoms with E-state index in [1.807, 2.05) is 6.92 Å². The molecule has 0 aliphatic heterocycles. The molecule has 0 spiro atoms. The molecule has 0 saturated carbocycles. The first-order valence-electron chi connectivity index (χ1n) is 7.14. The van der Waals surface area contributed by atoms with E-state index in [9.17, 15) is 0 Å². The molecule has 4 nitrogen and oxygen atoms in total. The van der Waals surface area contributed by atoms with Gasteiger partial charge in [-0.05, 0) is 19.3 Å². The molecule has 0 aliphatic carbocycles. The molecule has 0 saturated heterocycles. The summed E-state index contributed by atoms with van der Waals surface area (Å²) in [6.07, 6.45) is 2.29. The second-order valence-electron chi connectivity index (χ2n) is 5.38. The van der Waals surface area contributed by atoms with Crippen LogP contribution in [0.5, 0.6) is 0 Å². The van der Waals surface area contributed by atoms with E-state index < -0.39 is 0 Å². The van der Waals surface area contributed by atoms with E-state index in [2.05, 4.69) is 41.7 Å². The van der Waals surface area contributed by atoms with E-state index in [-0.39, 0.29) is 0 Å². The number of hydrogen-bond donors (Lipinski definition) is 0. The number of rotatable bonds is 7. The van der Waals surface area contributed by atoms with E-state index >= 15 is 0 Å². The van der Waals surface area contributed by atoms with Crippen LogP contribution >= 0.6 is 11.6 Å². The van der Waals surface area contributed by atoms with Crippen molar-refractivity contribution in [2.45, 2.75) is 47.0 Å². The summed E-state index contributed by atoms with van der Waals surface area (Å²) >= 11 is 6.23. The Morgan fingerprint density at radius 2 is 2.05 bits per heavy atom. The monoisotopic (exact) mass is 294 g/mol. The van der Waals surface area contributed by atoms with Crippen LogP contribution in [0.25, 0.3) is 0 Å². The smallest absolute Gasteiger partial charge is 0.137 e. The maximum atomic E-state index is 8.82. The van der Waals surface area contributed by atoms with E-state index in [0.29, 0.717) is 24.0 Å². The highest BCUT2D eigenvalue weighted by molar-refractivity contribution is 6.30. The predicted octanol–water partition coefficient (Wildman–Crippen LogP) is 3.77. The van der Waals surface area contributed by atoms with Gasteiger partial charge < -0.3 is 4.90 Å². The Labute approximate surface area is 126 Å². The number of aryl methyl sites for hydroxylation is 1. The molecule has 0 N–H and O–H groups in total. The summed E-state index contributed by atoms with van der Waals surface area (Å²) in [5.41, 5.74) is 0.894. The van der Waals surface area contributed by atoms with Gasteiger partial charge in [-0.2, -0.15) is 5.26 Å². The Hall–Kier alpha value is -1.34. The minimum absolute atomic E-state index is 0.483. The third-order valence-electron chi connectivity index (χ3n) is 2.96. The summed E-state index contributed by atoms with van der Waals surface area (Å²) in [6, 6.07) is 2.20. The third kappa shape index (κ3) is 4.64. The minimum Gasteiger partial charge on any atom is -0.355 e. The lowest BCUT2D eigenvalue weighted by molar-refractivity contribution is 0.604. The van der Waals surface area contributed by atoms with Crippen molar-refractivity contribution in [3.05, 3.63) is 16.5 Å². The van der Waals surface area contributed by atoms with Crippen molar-refractivity contribution in [1.29, 1.82) is 5.26 Å². The average molecular weight is 295 g/mol. The van der Waals surface area contributed by atoms with Gasteiger partial charge in [0.05, 0.1) is 12.5 Å². The number of nitriles is 1. The van der Waals surface area contributed by atoms with Crippen molar-refractivity contribution in [3.8, 4) is 6.07 Å². The summed E-state index contributed by atoms with van der Waals surface area (Å²) in [5.74, 6) is 2.15. The molecule has 0 aromatic carbocycles. The van der Waals surface area contributed by atoms with Crippen molar-refractivity contribution < 1.29 is 0 Å². The summed E-state index contributed by atoms with van der Waals surface area (Å²) < 4.78 is 0. The van der Waals surface area contributed by atoms with Gasteiger partial charge in [-0.25, -0.2) is 9.97 Å². The highest BCUT2D eigenvalue weighted by atomic mass is 35.5. The van der Waals surface area contributed by atoms with Crippen LogP contribution in [0.15, 0.2) is 0 Å². The van der Waals surface area contributed by atoms with Crippen molar-refractivity contribution in [3.63, 3.8) is 0 Å². The molecule has 20 heavy (non-hydrogen) atoms. The van der Waals surface area contributed by atoms with Gasteiger partial charge in [-0.3, -0.25) is 0 Å². The highest BCUT2D eigenvalue weighted by Crippen LogP contribution is 2.24. The van der Waals surface area contributed by atoms with Gasteiger partial charge in [-0.1, -0.05) is 32.4 Å². The molecule has 0 aliphatic rings. The molecule has 1 rings (SSSR count). The molecule has 0 atom stereocenters. The third-order valence-corrected chi connectivity index (χ3v) is 3.33. The zero-order valence-corrected chi connectivity index (χ0v) is 13.5. The zero-order valence-electron chi connectivity index (χ0n) is 12.8. The molecule has 0 bridgehead atoms. The lowest BCUT2D eigenvalue weighted by Crippen LogP contribution is -2.30. The molecule has 0 amide bonds. The fraction of sp³-hybridized carbons (Fsp3) is 0.667. The Kier molecular flexibility index (Phi) is 6.74.